The van der Waals surface area contributed by atoms with E-state index in [1.165, 1.54) is 20.2 Å². The van der Waals surface area contributed by atoms with E-state index < -0.39 is 22.0 Å². The van der Waals surface area contributed by atoms with E-state index in [-0.39, 0.29) is 10.5 Å². The van der Waals surface area contributed by atoms with Gasteiger partial charge in [0.25, 0.3) is 5.91 Å². The van der Waals surface area contributed by atoms with Crippen molar-refractivity contribution in [3.63, 3.8) is 0 Å². The molecule has 178 valence electrons. The summed E-state index contributed by atoms with van der Waals surface area (Å²) in [6, 6.07) is 16.8. The summed E-state index contributed by atoms with van der Waals surface area (Å²) in [6.07, 6.45) is 0. The highest BCUT2D eigenvalue weighted by molar-refractivity contribution is 7.89. The van der Waals surface area contributed by atoms with Crippen molar-refractivity contribution >= 4 is 39.0 Å². The average molecular weight is 481 g/mol. The number of nitrogens with one attached hydrogen (secondary N) is 3. The van der Waals surface area contributed by atoms with Crippen LogP contribution >= 0.6 is 0 Å². The van der Waals surface area contributed by atoms with Gasteiger partial charge in [-0.1, -0.05) is 24.3 Å². The Labute approximate surface area is 200 Å². The smallest absolute Gasteiger partial charge is 0.322 e. The molecule has 0 radical (unpaired) electrons. The number of para-hydroxylation sites is 1. The minimum atomic E-state index is -3.71. The Kier molecular flexibility index (Phi) is 7.38. The highest BCUT2D eigenvalue weighted by Crippen LogP contribution is 2.25. The SMILES string of the molecule is Cc1ccc(NC(=O)Nc2ccccc2)cc1NC(=O)c1cc(C)c(C)c(S(=O)(=O)N(C)C)c1. The van der Waals surface area contributed by atoms with Gasteiger partial charge in [-0.05, 0) is 73.9 Å². The molecule has 3 aromatic carbocycles. The van der Waals surface area contributed by atoms with Crippen LogP contribution in [-0.4, -0.2) is 38.8 Å². The van der Waals surface area contributed by atoms with E-state index in [0.717, 1.165) is 9.87 Å². The lowest BCUT2D eigenvalue weighted by Gasteiger charge is -2.17. The molecule has 3 rings (SSSR count). The number of nitrogens with zero attached hydrogens (tertiary/aromatic N) is 1. The molecule has 0 saturated carbocycles. The fourth-order valence-electron chi connectivity index (χ4n) is 3.27. The van der Waals surface area contributed by atoms with Crippen molar-refractivity contribution in [2.75, 3.05) is 30.0 Å². The van der Waals surface area contributed by atoms with Gasteiger partial charge in [0, 0.05) is 36.7 Å². The predicted molar refractivity (Wildman–Crippen MR) is 135 cm³/mol. The van der Waals surface area contributed by atoms with E-state index >= 15 is 0 Å². The van der Waals surface area contributed by atoms with Crippen molar-refractivity contribution in [1.82, 2.24) is 4.31 Å². The lowest BCUT2D eigenvalue weighted by molar-refractivity contribution is 0.102. The third-order valence-electron chi connectivity index (χ3n) is 5.42. The highest BCUT2D eigenvalue weighted by Gasteiger charge is 2.23. The predicted octanol–water partition coefficient (Wildman–Crippen LogP) is 4.76. The first-order chi connectivity index (χ1) is 16.0. The minimum absolute atomic E-state index is 0.0902. The number of carbonyl (C=O) groups excluding carboxylic acids is 2. The summed E-state index contributed by atoms with van der Waals surface area (Å²) in [5.41, 5.74) is 3.94. The summed E-state index contributed by atoms with van der Waals surface area (Å²) in [4.78, 5) is 25.4. The molecule has 0 aromatic heterocycles. The van der Waals surface area contributed by atoms with Crippen LogP contribution in [-0.2, 0) is 10.0 Å². The number of carbonyl (C=O) groups is 2. The van der Waals surface area contributed by atoms with E-state index in [1.54, 1.807) is 50.2 Å². The molecule has 8 nitrogen and oxygen atoms in total. The molecule has 0 unspecified atom stereocenters. The molecule has 0 spiro atoms. The maximum atomic E-state index is 13.0. The van der Waals surface area contributed by atoms with Crippen molar-refractivity contribution in [2.45, 2.75) is 25.7 Å². The van der Waals surface area contributed by atoms with Crippen molar-refractivity contribution in [3.05, 3.63) is 82.9 Å². The van der Waals surface area contributed by atoms with E-state index in [2.05, 4.69) is 16.0 Å². The molecule has 0 atom stereocenters. The molecule has 34 heavy (non-hydrogen) atoms. The van der Waals surface area contributed by atoms with Crippen LogP contribution in [0.4, 0.5) is 21.9 Å². The van der Waals surface area contributed by atoms with E-state index in [4.69, 9.17) is 0 Å². The summed E-state index contributed by atoms with van der Waals surface area (Å²) in [6.45, 7) is 5.31. The van der Waals surface area contributed by atoms with Crippen LogP contribution in [0.3, 0.4) is 0 Å². The van der Waals surface area contributed by atoms with Gasteiger partial charge in [-0.25, -0.2) is 17.5 Å². The summed E-state index contributed by atoms with van der Waals surface area (Å²) < 4.78 is 26.6. The molecule has 3 aromatic rings. The summed E-state index contributed by atoms with van der Waals surface area (Å²) >= 11 is 0. The maximum absolute atomic E-state index is 13.0. The topological polar surface area (TPSA) is 108 Å². The number of rotatable bonds is 6. The van der Waals surface area contributed by atoms with Crippen LogP contribution in [0.2, 0.25) is 0 Å². The first kappa shape index (κ1) is 24.9. The molecule has 0 aliphatic carbocycles. The zero-order chi connectivity index (χ0) is 25.0. The summed E-state index contributed by atoms with van der Waals surface area (Å²) in [5.74, 6) is -0.452. The van der Waals surface area contributed by atoms with Crippen LogP contribution in [0.5, 0.6) is 0 Å². The number of aryl methyl sites for hydroxylation is 2. The number of hydrogen-bond donors (Lipinski definition) is 3. The molecule has 0 aliphatic rings. The van der Waals surface area contributed by atoms with Gasteiger partial charge in [-0.15, -0.1) is 0 Å². The Bertz CT molecular complexity index is 1340. The molecular weight excluding hydrogens is 452 g/mol. The fourth-order valence-corrected chi connectivity index (χ4v) is 4.48. The monoisotopic (exact) mass is 480 g/mol. The first-order valence-corrected chi connectivity index (χ1v) is 12.0. The highest BCUT2D eigenvalue weighted by atomic mass is 32.2. The quantitative estimate of drug-likeness (QED) is 0.473. The number of hydrogen-bond acceptors (Lipinski definition) is 4. The van der Waals surface area contributed by atoms with Gasteiger partial charge in [0.15, 0.2) is 0 Å². The van der Waals surface area contributed by atoms with Gasteiger partial charge in [0.1, 0.15) is 0 Å². The Morgan fingerprint density at radius 1 is 0.765 bits per heavy atom. The van der Waals surface area contributed by atoms with Crippen LogP contribution in [0, 0.1) is 20.8 Å². The Balaban J connectivity index is 1.82. The fraction of sp³-hybridized carbons (Fsp3) is 0.200. The molecular formula is C25H28N4O4S. The van der Waals surface area contributed by atoms with Gasteiger partial charge < -0.3 is 16.0 Å². The van der Waals surface area contributed by atoms with Gasteiger partial charge in [0.2, 0.25) is 10.0 Å². The van der Waals surface area contributed by atoms with Crippen molar-refractivity contribution in [1.29, 1.82) is 0 Å². The number of benzene rings is 3. The van der Waals surface area contributed by atoms with Crippen LogP contribution in [0.25, 0.3) is 0 Å². The molecule has 3 amide bonds. The standard InChI is InChI=1S/C25H28N4O4S/c1-16-11-12-21(27-25(31)26-20-9-7-6-8-10-20)15-22(16)28-24(30)19-13-17(2)18(3)23(14-19)34(32,33)29(4)5/h6-15H,1-5H3,(H,28,30)(H2,26,27,31). The van der Waals surface area contributed by atoms with E-state index in [1.807, 2.05) is 25.1 Å². The third kappa shape index (κ3) is 5.62. The summed E-state index contributed by atoms with van der Waals surface area (Å²) in [5, 5.41) is 8.30. The van der Waals surface area contributed by atoms with Gasteiger partial charge >= 0.3 is 6.03 Å². The Morgan fingerprint density at radius 2 is 1.41 bits per heavy atom. The first-order valence-electron chi connectivity index (χ1n) is 10.6. The van der Waals surface area contributed by atoms with Crippen LogP contribution in [0.1, 0.15) is 27.0 Å². The van der Waals surface area contributed by atoms with Crippen LogP contribution in [0.15, 0.2) is 65.6 Å². The minimum Gasteiger partial charge on any atom is -0.322 e. The molecule has 0 aliphatic heterocycles. The van der Waals surface area contributed by atoms with E-state index in [9.17, 15) is 18.0 Å². The van der Waals surface area contributed by atoms with Crippen molar-refractivity contribution < 1.29 is 18.0 Å². The van der Waals surface area contributed by atoms with Gasteiger partial charge in [-0.3, -0.25) is 4.79 Å². The van der Waals surface area contributed by atoms with Crippen molar-refractivity contribution in [3.8, 4) is 0 Å². The lowest BCUT2D eigenvalue weighted by Crippen LogP contribution is -2.24. The number of anilines is 3. The number of sulfonamides is 1. The average Bonchev–Trinajstić information content (AvgIpc) is 2.78. The number of urea groups is 1. The Morgan fingerprint density at radius 3 is 2.06 bits per heavy atom. The van der Waals surface area contributed by atoms with Crippen LogP contribution < -0.4 is 16.0 Å². The zero-order valence-corrected chi connectivity index (χ0v) is 20.6. The second-order valence-corrected chi connectivity index (χ2v) is 10.3. The zero-order valence-electron chi connectivity index (χ0n) is 19.8. The normalized spacial score (nSPS) is 11.2. The molecule has 0 heterocycles. The van der Waals surface area contributed by atoms with E-state index in [0.29, 0.717) is 28.2 Å². The third-order valence-corrected chi connectivity index (χ3v) is 7.36. The molecule has 0 fully saturated rings. The lowest BCUT2D eigenvalue weighted by atomic mass is 10.1. The maximum Gasteiger partial charge on any atom is 0.323 e. The Hall–Kier alpha value is -3.69. The number of amides is 3. The largest absolute Gasteiger partial charge is 0.323 e. The molecule has 9 heteroatoms. The molecule has 0 bridgehead atoms. The van der Waals surface area contributed by atoms with Crippen molar-refractivity contribution in [2.24, 2.45) is 0 Å². The van der Waals surface area contributed by atoms with Gasteiger partial charge in [-0.2, -0.15) is 0 Å². The van der Waals surface area contributed by atoms with Gasteiger partial charge in [0.05, 0.1) is 4.90 Å². The second kappa shape index (κ2) is 10.1. The summed E-state index contributed by atoms with van der Waals surface area (Å²) in [7, 11) is -0.812. The second-order valence-electron chi connectivity index (χ2n) is 8.13. The molecule has 3 N–H and O–H groups in total. The molecule has 0 saturated heterocycles.